The minimum Gasteiger partial charge on any atom is -0.207 e. The Labute approximate surface area is 124 Å². The summed E-state index contributed by atoms with van der Waals surface area (Å²) >= 11 is 0. The molecule has 0 aliphatic carbocycles. The Bertz CT molecular complexity index is 738. The molecule has 0 atom stereocenters. The first-order valence-corrected chi connectivity index (χ1v) is 7.58. The number of halogens is 4. The summed E-state index contributed by atoms with van der Waals surface area (Å²) in [6.07, 6.45) is -4.52. The molecule has 2 aromatic rings. The van der Waals surface area contributed by atoms with E-state index >= 15 is 0 Å². The molecule has 0 spiro atoms. The van der Waals surface area contributed by atoms with E-state index in [0.717, 1.165) is 12.1 Å². The van der Waals surface area contributed by atoms with Gasteiger partial charge in [-0.15, -0.1) is 0 Å². The Morgan fingerprint density at radius 1 is 0.909 bits per heavy atom. The second-order valence-electron chi connectivity index (χ2n) is 4.47. The second kappa shape index (κ2) is 6.05. The zero-order valence-electron chi connectivity index (χ0n) is 11.1. The molecule has 0 aliphatic rings. The Morgan fingerprint density at radius 3 is 1.95 bits per heavy atom. The van der Waals surface area contributed by atoms with Crippen LogP contribution in [0.1, 0.15) is 11.1 Å². The van der Waals surface area contributed by atoms with Crippen LogP contribution >= 0.6 is 0 Å². The van der Waals surface area contributed by atoms with Gasteiger partial charge in [0.05, 0.1) is 10.5 Å². The summed E-state index contributed by atoms with van der Waals surface area (Å²) in [5.41, 5.74) is -0.401. The molecule has 0 unspecified atom stereocenters. The first-order valence-electron chi connectivity index (χ1n) is 6.10. The number of alkyl halides is 3. The minimum absolute atomic E-state index is 0.0936. The van der Waals surface area contributed by atoms with Gasteiger partial charge in [0, 0.05) is 6.54 Å². The van der Waals surface area contributed by atoms with E-state index in [0.29, 0.717) is 17.7 Å². The van der Waals surface area contributed by atoms with Crippen LogP contribution in [0.5, 0.6) is 0 Å². The van der Waals surface area contributed by atoms with E-state index in [9.17, 15) is 26.0 Å². The molecule has 0 amide bonds. The number of hydrogen-bond acceptors (Lipinski definition) is 2. The maximum atomic E-state index is 12.7. The molecule has 0 aliphatic heterocycles. The highest BCUT2D eigenvalue weighted by atomic mass is 32.2. The van der Waals surface area contributed by atoms with Crippen molar-refractivity contribution in [3.05, 3.63) is 65.5 Å². The molecule has 0 radical (unpaired) electrons. The monoisotopic (exact) mass is 333 g/mol. The molecule has 8 heteroatoms. The third-order valence-electron chi connectivity index (χ3n) is 2.87. The SMILES string of the molecule is O=S(=O)(NCc1ccc(F)cc1)c1ccc(C(F)(F)F)cc1. The van der Waals surface area contributed by atoms with Crippen LogP contribution in [0.25, 0.3) is 0 Å². The largest absolute Gasteiger partial charge is 0.416 e. The van der Waals surface area contributed by atoms with Crippen LogP contribution in [0.2, 0.25) is 0 Å². The van der Waals surface area contributed by atoms with Crippen molar-refractivity contribution in [3.8, 4) is 0 Å². The van der Waals surface area contributed by atoms with Crippen molar-refractivity contribution in [2.45, 2.75) is 17.6 Å². The topological polar surface area (TPSA) is 46.2 Å². The zero-order valence-corrected chi connectivity index (χ0v) is 11.9. The van der Waals surface area contributed by atoms with Crippen LogP contribution in [0.3, 0.4) is 0 Å². The predicted octanol–water partition coefficient (Wildman–Crippen LogP) is 3.32. The lowest BCUT2D eigenvalue weighted by atomic mass is 10.2. The lowest BCUT2D eigenvalue weighted by molar-refractivity contribution is -0.137. The molecule has 0 aromatic heterocycles. The van der Waals surface area contributed by atoms with Gasteiger partial charge in [0.2, 0.25) is 10.0 Å². The van der Waals surface area contributed by atoms with Gasteiger partial charge in [0.25, 0.3) is 0 Å². The highest BCUT2D eigenvalue weighted by Crippen LogP contribution is 2.29. The van der Waals surface area contributed by atoms with Crippen molar-refractivity contribution < 1.29 is 26.0 Å². The Hall–Kier alpha value is -1.93. The first kappa shape index (κ1) is 16.4. The summed E-state index contributed by atoms with van der Waals surface area (Å²) in [4.78, 5) is -0.275. The molecule has 0 fully saturated rings. The predicted molar refractivity (Wildman–Crippen MR) is 71.9 cm³/mol. The lowest BCUT2D eigenvalue weighted by Crippen LogP contribution is -2.23. The van der Waals surface area contributed by atoms with Gasteiger partial charge >= 0.3 is 6.18 Å². The quantitative estimate of drug-likeness (QED) is 0.873. The molecular formula is C14H11F4NO2S. The fraction of sp³-hybridized carbons (Fsp3) is 0.143. The van der Waals surface area contributed by atoms with E-state index < -0.39 is 27.6 Å². The molecule has 1 N–H and O–H groups in total. The smallest absolute Gasteiger partial charge is 0.207 e. The van der Waals surface area contributed by atoms with Gasteiger partial charge in [-0.1, -0.05) is 12.1 Å². The van der Waals surface area contributed by atoms with Crippen LogP contribution in [0.4, 0.5) is 17.6 Å². The van der Waals surface area contributed by atoms with Crippen LogP contribution in [0, 0.1) is 5.82 Å². The molecule has 118 valence electrons. The Balaban J connectivity index is 2.11. The summed E-state index contributed by atoms with van der Waals surface area (Å²) in [6.45, 7) is -0.0936. The average Bonchev–Trinajstić information content (AvgIpc) is 2.46. The zero-order chi connectivity index (χ0) is 16.4. The van der Waals surface area contributed by atoms with Crippen LogP contribution in [0.15, 0.2) is 53.4 Å². The van der Waals surface area contributed by atoms with E-state index in [1.807, 2.05) is 0 Å². The number of sulfonamides is 1. The molecule has 0 saturated carbocycles. The van der Waals surface area contributed by atoms with Crippen molar-refractivity contribution in [1.29, 1.82) is 0 Å². The molecule has 22 heavy (non-hydrogen) atoms. The van der Waals surface area contributed by atoms with E-state index in [1.165, 1.54) is 24.3 Å². The van der Waals surface area contributed by atoms with E-state index in [1.54, 1.807) is 0 Å². The standard InChI is InChI=1S/C14H11F4NO2S/c15-12-5-1-10(2-6-12)9-19-22(20,21)13-7-3-11(4-8-13)14(16,17)18/h1-8,19H,9H2. The summed E-state index contributed by atoms with van der Waals surface area (Å²) in [5.74, 6) is -0.450. The van der Waals surface area contributed by atoms with Crippen LogP contribution in [-0.2, 0) is 22.7 Å². The van der Waals surface area contributed by atoms with Gasteiger partial charge in [0.1, 0.15) is 5.82 Å². The molecular weight excluding hydrogens is 322 g/mol. The van der Waals surface area contributed by atoms with E-state index in [-0.39, 0.29) is 11.4 Å². The van der Waals surface area contributed by atoms with Crippen molar-refractivity contribution in [2.75, 3.05) is 0 Å². The maximum absolute atomic E-state index is 12.7. The van der Waals surface area contributed by atoms with Gasteiger partial charge < -0.3 is 0 Å². The maximum Gasteiger partial charge on any atom is 0.416 e. The normalized spacial score (nSPS) is 12.4. The lowest BCUT2D eigenvalue weighted by Gasteiger charge is -2.09. The van der Waals surface area contributed by atoms with Crippen molar-refractivity contribution in [2.24, 2.45) is 0 Å². The highest BCUT2D eigenvalue weighted by molar-refractivity contribution is 7.89. The fourth-order valence-electron chi connectivity index (χ4n) is 1.69. The van der Waals surface area contributed by atoms with Gasteiger partial charge in [-0.3, -0.25) is 0 Å². The molecule has 2 rings (SSSR count). The van der Waals surface area contributed by atoms with Crippen molar-refractivity contribution in [1.82, 2.24) is 4.72 Å². The summed E-state index contributed by atoms with van der Waals surface area (Å²) in [6, 6.07) is 8.35. The molecule has 3 nitrogen and oxygen atoms in total. The average molecular weight is 333 g/mol. The summed E-state index contributed by atoms with van der Waals surface area (Å²) < 4.78 is 76.2. The second-order valence-corrected chi connectivity index (χ2v) is 6.24. The van der Waals surface area contributed by atoms with Gasteiger partial charge in [-0.25, -0.2) is 17.5 Å². The molecule has 0 bridgehead atoms. The van der Waals surface area contributed by atoms with Crippen LogP contribution < -0.4 is 4.72 Å². The highest BCUT2D eigenvalue weighted by Gasteiger charge is 2.30. The van der Waals surface area contributed by atoms with Gasteiger partial charge in [-0.05, 0) is 42.0 Å². The molecule has 2 aromatic carbocycles. The number of hydrogen-bond donors (Lipinski definition) is 1. The summed E-state index contributed by atoms with van der Waals surface area (Å²) in [7, 11) is -3.94. The fourth-order valence-corrected chi connectivity index (χ4v) is 2.70. The van der Waals surface area contributed by atoms with E-state index in [4.69, 9.17) is 0 Å². The van der Waals surface area contributed by atoms with Crippen molar-refractivity contribution >= 4 is 10.0 Å². The van der Waals surface area contributed by atoms with Gasteiger partial charge in [0.15, 0.2) is 0 Å². The third kappa shape index (κ3) is 4.05. The van der Waals surface area contributed by atoms with Gasteiger partial charge in [-0.2, -0.15) is 13.2 Å². The number of benzene rings is 2. The Kier molecular flexibility index (Phi) is 4.52. The summed E-state index contributed by atoms with van der Waals surface area (Å²) in [5, 5.41) is 0. The number of rotatable bonds is 4. The number of nitrogens with one attached hydrogen (secondary N) is 1. The molecule has 0 saturated heterocycles. The first-order chi connectivity index (χ1) is 10.2. The van der Waals surface area contributed by atoms with E-state index in [2.05, 4.69) is 4.72 Å². The van der Waals surface area contributed by atoms with Crippen LogP contribution in [-0.4, -0.2) is 8.42 Å². The molecule has 0 heterocycles. The minimum atomic E-state index is -4.52. The third-order valence-corrected chi connectivity index (χ3v) is 4.29. The Morgan fingerprint density at radius 2 is 1.45 bits per heavy atom. The van der Waals surface area contributed by atoms with Crippen molar-refractivity contribution in [3.63, 3.8) is 0 Å².